The van der Waals surface area contributed by atoms with Crippen molar-refractivity contribution in [2.24, 2.45) is 0 Å². The second kappa shape index (κ2) is 9.06. The Bertz CT molecular complexity index is 1290. The molecule has 0 aliphatic carbocycles. The Morgan fingerprint density at radius 2 is 1.85 bits per heavy atom. The first-order chi connectivity index (χ1) is 16.0. The highest BCUT2D eigenvalue weighted by Gasteiger charge is 2.42. The molecule has 3 heterocycles. The zero-order valence-electron chi connectivity index (χ0n) is 17.5. The molecule has 0 unspecified atom stereocenters. The molecule has 2 aromatic carbocycles. The molecule has 0 bridgehead atoms. The minimum Gasteiger partial charge on any atom is -0.497 e. The molecule has 33 heavy (non-hydrogen) atoms. The van der Waals surface area contributed by atoms with Gasteiger partial charge in [0.2, 0.25) is 0 Å². The second-order valence-electron chi connectivity index (χ2n) is 7.52. The third-order valence-electron chi connectivity index (χ3n) is 5.56. The van der Waals surface area contributed by atoms with Crippen LogP contribution in [0.25, 0.3) is 11.3 Å². The van der Waals surface area contributed by atoms with E-state index in [1.807, 2.05) is 65.6 Å². The molecule has 1 aliphatic heterocycles. The first kappa shape index (κ1) is 21.8. The van der Waals surface area contributed by atoms with E-state index >= 15 is 0 Å². The molecule has 1 saturated heterocycles. The largest absolute Gasteiger partial charge is 0.497 e. The molecule has 0 spiro atoms. The number of furan rings is 1. The number of aromatic nitrogens is 1. The molecular weight excluding hydrogens is 477 g/mol. The fourth-order valence-corrected chi connectivity index (χ4v) is 4.86. The van der Waals surface area contributed by atoms with Gasteiger partial charge in [-0.15, -0.1) is 0 Å². The Labute approximate surface area is 206 Å². The van der Waals surface area contributed by atoms with Gasteiger partial charge in [-0.2, -0.15) is 0 Å². The smallest absolute Gasteiger partial charge is 0.174 e. The van der Waals surface area contributed by atoms with E-state index in [2.05, 4.69) is 10.3 Å². The van der Waals surface area contributed by atoms with Gasteiger partial charge in [0.15, 0.2) is 5.11 Å². The highest BCUT2D eigenvalue weighted by Crippen LogP contribution is 2.43. The van der Waals surface area contributed by atoms with Crippen LogP contribution in [0.1, 0.15) is 23.5 Å². The number of anilines is 1. The third kappa shape index (κ3) is 4.17. The normalized spacial score (nSPS) is 17.8. The predicted molar refractivity (Wildman–Crippen MR) is 135 cm³/mol. The minimum absolute atomic E-state index is 0.208. The number of thiocarbonyl (C=S) groups is 1. The van der Waals surface area contributed by atoms with Gasteiger partial charge in [0.25, 0.3) is 0 Å². The van der Waals surface area contributed by atoms with Gasteiger partial charge in [-0.1, -0.05) is 29.3 Å². The molecule has 166 valence electrons. The van der Waals surface area contributed by atoms with Crippen molar-refractivity contribution in [3.8, 4) is 17.1 Å². The number of methoxy groups -OCH3 is 1. The number of hydrogen-bond donors (Lipinski definition) is 1. The number of benzene rings is 2. The van der Waals surface area contributed by atoms with Gasteiger partial charge in [0.1, 0.15) is 23.3 Å². The SMILES string of the molecule is COc1ccc(N2C(=S)N[C@@H](c3ccccn3)[C@@H]2c2ccc(-c3ccc(Cl)cc3Cl)o2)cc1. The fourth-order valence-electron chi connectivity index (χ4n) is 4.01. The molecule has 5 rings (SSSR count). The summed E-state index contributed by atoms with van der Waals surface area (Å²) >= 11 is 18.2. The van der Waals surface area contributed by atoms with Gasteiger partial charge in [-0.05, 0) is 78.9 Å². The number of rotatable bonds is 5. The van der Waals surface area contributed by atoms with Crippen LogP contribution in [0.4, 0.5) is 5.69 Å². The highest BCUT2D eigenvalue weighted by molar-refractivity contribution is 7.80. The van der Waals surface area contributed by atoms with E-state index in [4.69, 9.17) is 44.6 Å². The fraction of sp³-hybridized carbons (Fsp3) is 0.120. The second-order valence-corrected chi connectivity index (χ2v) is 8.75. The number of ether oxygens (including phenoxy) is 1. The van der Waals surface area contributed by atoms with Crippen LogP contribution in [0.3, 0.4) is 0 Å². The molecule has 2 aromatic heterocycles. The zero-order valence-corrected chi connectivity index (χ0v) is 19.9. The number of nitrogens with zero attached hydrogens (tertiary/aromatic N) is 2. The average Bonchev–Trinajstić information content (AvgIpc) is 3.44. The van der Waals surface area contributed by atoms with E-state index in [0.717, 1.165) is 28.5 Å². The van der Waals surface area contributed by atoms with Crippen molar-refractivity contribution in [2.75, 3.05) is 12.0 Å². The topological polar surface area (TPSA) is 50.5 Å². The molecule has 1 N–H and O–H groups in total. The number of nitrogens with one attached hydrogen (secondary N) is 1. The van der Waals surface area contributed by atoms with Crippen LogP contribution in [0.2, 0.25) is 10.0 Å². The van der Waals surface area contributed by atoms with Crippen LogP contribution in [-0.2, 0) is 0 Å². The molecule has 0 amide bonds. The summed E-state index contributed by atoms with van der Waals surface area (Å²) in [4.78, 5) is 6.61. The van der Waals surface area contributed by atoms with Gasteiger partial charge in [-0.3, -0.25) is 4.98 Å². The highest BCUT2D eigenvalue weighted by atomic mass is 35.5. The number of hydrogen-bond acceptors (Lipinski definition) is 4. The van der Waals surface area contributed by atoms with Crippen molar-refractivity contribution in [2.45, 2.75) is 12.1 Å². The van der Waals surface area contributed by atoms with Gasteiger partial charge >= 0.3 is 0 Å². The summed E-state index contributed by atoms with van der Waals surface area (Å²) < 4.78 is 11.7. The average molecular weight is 496 g/mol. The van der Waals surface area contributed by atoms with Crippen LogP contribution in [0.15, 0.2) is 83.4 Å². The Morgan fingerprint density at radius 3 is 2.55 bits per heavy atom. The van der Waals surface area contributed by atoms with E-state index in [1.54, 1.807) is 25.4 Å². The molecule has 1 aliphatic rings. The molecule has 0 radical (unpaired) electrons. The molecular formula is C25H19Cl2N3O2S. The first-order valence-corrected chi connectivity index (χ1v) is 11.4. The Hall–Kier alpha value is -3.06. The van der Waals surface area contributed by atoms with E-state index in [-0.39, 0.29) is 12.1 Å². The van der Waals surface area contributed by atoms with Gasteiger partial charge < -0.3 is 19.4 Å². The van der Waals surface area contributed by atoms with Crippen molar-refractivity contribution in [1.29, 1.82) is 0 Å². The van der Waals surface area contributed by atoms with Crippen molar-refractivity contribution < 1.29 is 9.15 Å². The maximum Gasteiger partial charge on any atom is 0.174 e. The lowest BCUT2D eigenvalue weighted by Crippen LogP contribution is -2.29. The lowest BCUT2D eigenvalue weighted by atomic mass is 10.0. The Morgan fingerprint density at radius 1 is 1.03 bits per heavy atom. The van der Waals surface area contributed by atoms with Crippen molar-refractivity contribution >= 4 is 46.2 Å². The summed E-state index contributed by atoms with van der Waals surface area (Å²) in [5.41, 5.74) is 2.55. The summed E-state index contributed by atoms with van der Waals surface area (Å²) in [7, 11) is 1.64. The van der Waals surface area contributed by atoms with E-state index < -0.39 is 0 Å². The van der Waals surface area contributed by atoms with Crippen LogP contribution in [0, 0.1) is 0 Å². The lowest BCUT2D eigenvalue weighted by Gasteiger charge is -2.26. The standard InChI is InChI=1S/C25H19Cl2N3O2S/c1-31-17-8-6-16(7-9-17)30-24(23(29-25(30)33)20-4-2-3-13-28-20)22-12-11-21(32-22)18-10-5-15(26)14-19(18)27/h2-14,23-24H,1H3,(H,29,33)/t23-,24-/m0/s1. The van der Waals surface area contributed by atoms with Gasteiger partial charge in [0.05, 0.1) is 23.9 Å². The summed E-state index contributed by atoms with van der Waals surface area (Å²) in [5.74, 6) is 2.15. The molecule has 8 heteroatoms. The van der Waals surface area contributed by atoms with Crippen LogP contribution < -0.4 is 15.0 Å². The van der Waals surface area contributed by atoms with Gasteiger partial charge in [-0.25, -0.2) is 0 Å². The first-order valence-electron chi connectivity index (χ1n) is 10.2. The monoisotopic (exact) mass is 495 g/mol. The molecule has 1 fully saturated rings. The molecule has 5 nitrogen and oxygen atoms in total. The van der Waals surface area contributed by atoms with Crippen LogP contribution in [-0.4, -0.2) is 17.2 Å². The Balaban J connectivity index is 1.59. The van der Waals surface area contributed by atoms with E-state index in [0.29, 0.717) is 20.9 Å². The zero-order chi connectivity index (χ0) is 22.9. The molecule has 2 atom stereocenters. The van der Waals surface area contributed by atoms with Gasteiger partial charge in [0, 0.05) is 22.5 Å². The minimum atomic E-state index is -0.263. The maximum absolute atomic E-state index is 6.42. The predicted octanol–water partition coefficient (Wildman–Crippen LogP) is 6.83. The summed E-state index contributed by atoms with van der Waals surface area (Å²) in [5, 5.41) is 5.11. The summed E-state index contributed by atoms with van der Waals surface area (Å²) in [6.07, 6.45) is 1.77. The van der Waals surface area contributed by atoms with Crippen LogP contribution in [0.5, 0.6) is 5.75 Å². The van der Waals surface area contributed by atoms with E-state index in [9.17, 15) is 0 Å². The number of pyridine rings is 1. The molecule has 4 aromatic rings. The summed E-state index contributed by atoms with van der Waals surface area (Å²) in [6.45, 7) is 0. The molecule has 0 saturated carbocycles. The van der Waals surface area contributed by atoms with E-state index in [1.165, 1.54) is 0 Å². The van der Waals surface area contributed by atoms with Crippen LogP contribution >= 0.6 is 35.4 Å². The van der Waals surface area contributed by atoms with Crippen molar-refractivity contribution in [1.82, 2.24) is 10.3 Å². The quantitative estimate of drug-likeness (QED) is 0.306. The summed E-state index contributed by atoms with van der Waals surface area (Å²) in [6, 6.07) is 22.3. The lowest BCUT2D eigenvalue weighted by molar-refractivity contribution is 0.414. The van der Waals surface area contributed by atoms with Crippen molar-refractivity contribution in [3.05, 3.63) is 100 Å². The third-order valence-corrected chi connectivity index (χ3v) is 6.43. The Kier molecular flexibility index (Phi) is 5.98. The van der Waals surface area contributed by atoms with Crippen molar-refractivity contribution in [3.63, 3.8) is 0 Å². The maximum atomic E-state index is 6.42. The number of halogens is 2.